The fourth-order valence-corrected chi connectivity index (χ4v) is 6.25. The topological polar surface area (TPSA) is 74.6 Å². The van der Waals surface area contributed by atoms with Crippen molar-refractivity contribution in [3.8, 4) is 0 Å². The van der Waals surface area contributed by atoms with Gasteiger partial charge in [-0.05, 0) is 83.0 Å². The third kappa shape index (κ3) is 2.58. The van der Waals surface area contributed by atoms with Crippen LogP contribution in [-0.4, -0.2) is 22.2 Å². The maximum atomic E-state index is 12.3. The molecule has 0 amide bonds. The summed E-state index contributed by atoms with van der Waals surface area (Å²) >= 11 is 0. The standard InChI is InChI=1S/C25H28O4/c1-13-7-15(21(26)27)19-17(9-13)23(3,4)11-25(19)12-24(5,6)18-10-14(2)8-16(20(18)25)22(28)29/h7-10H,11-12H2,1-6H3,(H,26,27)(H,28,29). The molecule has 0 atom stereocenters. The molecule has 0 radical (unpaired) electrons. The van der Waals surface area contributed by atoms with Crippen molar-refractivity contribution in [3.63, 3.8) is 0 Å². The van der Waals surface area contributed by atoms with E-state index in [1.165, 1.54) is 0 Å². The van der Waals surface area contributed by atoms with E-state index in [1.54, 1.807) is 12.1 Å². The number of hydrogen-bond donors (Lipinski definition) is 2. The molecule has 4 heteroatoms. The number of benzene rings is 2. The van der Waals surface area contributed by atoms with Crippen LogP contribution in [0, 0.1) is 13.8 Å². The van der Waals surface area contributed by atoms with Gasteiger partial charge in [0.25, 0.3) is 0 Å². The highest BCUT2D eigenvalue weighted by molar-refractivity contribution is 5.95. The minimum atomic E-state index is -0.947. The van der Waals surface area contributed by atoms with Crippen LogP contribution < -0.4 is 0 Å². The average Bonchev–Trinajstić information content (AvgIpc) is 2.93. The Labute approximate surface area is 171 Å². The van der Waals surface area contributed by atoms with Crippen LogP contribution in [0.3, 0.4) is 0 Å². The van der Waals surface area contributed by atoms with Crippen molar-refractivity contribution in [2.45, 2.75) is 70.6 Å². The van der Waals surface area contributed by atoms with Crippen LogP contribution in [0.15, 0.2) is 24.3 Å². The number of rotatable bonds is 2. The van der Waals surface area contributed by atoms with Crippen molar-refractivity contribution >= 4 is 11.9 Å². The molecule has 0 bridgehead atoms. The minimum absolute atomic E-state index is 0.246. The molecule has 152 valence electrons. The van der Waals surface area contributed by atoms with Gasteiger partial charge in [-0.3, -0.25) is 0 Å². The maximum absolute atomic E-state index is 12.3. The van der Waals surface area contributed by atoms with Crippen molar-refractivity contribution < 1.29 is 19.8 Å². The number of carbonyl (C=O) groups is 2. The van der Waals surface area contributed by atoms with E-state index in [4.69, 9.17) is 0 Å². The van der Waals surface area contributed by atoms with Crippen molar-refractivity contribution in [2.75, 3.05) is 0 Å². The van der Waals surface area contributed by atoms with Crippen molar-refractivity contribution in [1.82, 2.24) is 0 Å². The van der Waals surface area contributed by atoms with E-state index in [0.29, 0.717) is 24.0 Å². The first-order chi connectivity index (χ1) is 13.3. The number of aryl methyl sites for hydroxylation is 2. The molecule has 2 aliphatic rings. The molecule has 0 saturated heterocycles. The molecule has 0 fully saturated rings. The molecule has 0 heterocycles. The Balaban J connectivity index is 2.19. The van der Waals surface area contributed by atoms with Gasteiger partial charge < -0.3 is 10.2 Å². The largest absolute Gasteiger partial charge is 0.478 e. The summed E-state index contributed by atoms with van der Waals surface area (Å²) in [4.78, 5) is 24.6. The summed E-state index contributed by atoms with van der Waals surface area (Å²) in [6.45, 7) is 12.4. The lowest BCUT2D eigenvalue weighted by atomic mass is 9.70. The van der Waals surface area contributed by atoms with Crippen LogP contribution in [-0.2, 0) is 16.2 Å². The van der Waals surface area contributed by atoms with Gasteiger partial charge in [-0.2, -0.15) is 0 Å². The monoisotopic (exact) mass is 392 g/mol. The van der Waals surface area contributed by atoms with E-state index in [-0.39, 0.29) is 10.8 Å². The molecule has 4 nitrogen and oxygen atoms in total. The number of fused-ring (bicyclic) bond motifs is 4. The fraction of sp³-hybridized carbons (Fsp3) is 0.440. The first-order valence-corrected chi connectivity index (χ1v) is 10.1. The third-order valence-corrected chi connectivity index (χ3v) is 6.93. The van der Waals surface area contributed by atoms with Crippen LogP contribution in [0.5, 0.6) is 0 Å². The van der Waals surface area contributed by atoms with Crippen molar-refractivity contribution in [2.24, 2.45) is 0 Å². The molecule has 0 aromatic heterocycles. The second kappa shape index (κ2) is 5.71. The second-order valence-electron chi connectivity index (χ2n) is 10.3. The molecule has 2 aromatic rings. The molecule has 0 saturated carbocycles. The van der Waals surface area contributed by atoms with Crippen LogP contribution in [0.25, 0.3) is 0 Å². The van der Waals surface area contributed by atoms with Gasteiger partial charge in [0, 0.05) is 5.41 Å². The molecule has 2 aromatic carbocycles. The molecule has 2 N–H and O–H groups in total. The molecule has 4 rings (SSSR count). The predicted molar refractivity (Wildman–Crippen MR) is 112 cm³/mol. The third-order valence-electron chi connectivity index (χ3n) is 6.93. The van der Waals surface area contributed by atoms with E-state index >= 15 is 0 Å². The first kappa shape index (κ1) is 19.7. The lowest BCUT2D eigenvalue weighted by molar-refractivity contribution is 0.0686. The summed E-state index contributed by atoms with van der Waals surface area (Å²) in [5.41, 5.74) is 5.08. The summed E-state index contributed by atoms with van der Waals surface area (Å²) in [5, 5.41) is 20.1. The van der Waals surface area contributed by atoms with Gasteiger partial charge in [-0.1, -0.05) is 39.8 Å². The first-order valence-electron chi connectivity index (χ1n) is 10.1. The van der Waals surface area contributed by atoms with Gasteiger partial charge >= 0.3 is 11.9 Å². The lowest BCUT2D eigenvalue weighted by Gasteiger charge is -2.32. The van der Waals surface area contributed by atoms with E-state index in [1.807, 2.05) is 13.8 Å². The predicted octanol–water partition coefficient (Wildman–Crippen LogP) is 5.35. The van der Waals surface area contributed by atoms with Gasteiger partial charge in [0.1, 0.15) is 0 Å². The Morgan fingerprint density at radius 2 is 1.07 bits per heavy atom. The fourth-order valence-electron chi connectivity index (χ4n) is 6.25. The number of hydrogen-bond acceptors (Lipinski definition) is 2. The summed E-state index contributed by atoms with van der Waals surface area (Å²) < 4.78 is 0. The van der Waals surface area contributed by atoms with E-state index in [9.17, 15) is 19.8 Å². The summed E-state index contributed by atoms with van der Waals surface area (Å²) in [5.74, 6) is -1.89. The molecular weight excluding hydrogens is 364 g/mol. The quantitative estimate of drug-likeness (QED) is 0.722. The number of carboxylic acids is 2. The van der Waals surface area contributed by atoms with Gasteiger partial charge in [-0.25, -0.2) is 9.59 Å². The maximum Gasteiger partial charge on any atom is 0.336 e. The van der Waals surface area contributed by atoms with Gasteiger partial charge in [0.15, 0.2) is 0 Å². The molecule has 0 unspecified atom stereocenters. The zero-order chi connectivity index (χ0) is 21.5. The Morgan fingerprint density at radius 1 is 0.724 bits per heavy atom. The molecule has 1 spiro atoms. The van der Waals surface area contributed by atoms with Gasteiger partial charge in [0.05, 0.1) is 11.1 Å². The summed E-state index contributed by atoms with van der Waals surface area (Å²) in [7, 11) is 0. The highest BCUT2D eigenvalue weighted by Gasteiger charge is 2.58. The molecule has 2 aliphatic carbocycles. The lowest BCUT2D eigenvalue weighted by Crippen LogP contribution is -2.29. The van der Waals surface area contributed by atoms with E-state index in [2.05, 4.69) is 39.8 Å². The number of aromatic carboxylic acids is 2. The zero-order valence-corrected chi connectivity index (χ0v) is 17.9. The number of carboxylic acid groups (broad SMARTS) is 2. The van der Waals surface area contributed by atoms with Crippen molar-refractivity contribution in [1.29, 1.82) is 0 Å². The van der Waals surface area contributed by atoms with Crippen LogP contribution in [0.1, 0.15) is 94.6 Å². The summed E-state index contributed by atoms with van der Waals surface area (Å²) in [6, 6.07) is 7.67. The minimum Gasteiger partial charge on any atom is -0.478 e. The van der Waals surface area contributed by atoms with Crippen LogP contribution in [0.2, 0.25) is 0 Å². The van der Waals surface area contributed by atoms with Gasteiger partial charge in [0.2, 0.25) is 0 Å². The highest BCUT2D eigenvalue weighted by Crippen LogP contribution is 2.64. The Hall–Kier alpha value is -2.62. The molecule has 29 heavy (non-hydrogen) atoms. The Morgan fingerprint density at radius 3 is 1.38 bits per heavy atom. The smallest absolute Gasteiger partial charge is 0.336 e. The molecule has 0 aliphatic heterocycles. The van der Waals surface area contributed by atoms with Crippen LogP contribution in [0.4, 0.5) is 0 Å². The Bertz CT molecular complexity index is 1000. The average molecular weight is 392 g/mol. The summed E-state index contributed by atoms with van der Waals surface area (Å²) in [6.07, 6.45) is 1.41. The van der Waals surface area contributed by atoms with E-state index < -0.39 is 17.4 Å². The second-order valence-corrected chi connectivity index (χ2v) is 10.3. The zero-order valence-electron chi connectivity index (χ0n) is 17.9. The SMILES string of the molecule is Cc1cc(C(=O)O)c2c(c1)C(C)(C)CC21CC(C)(C)c2cc(C)cc(C(=O)O)c21. The van der Waals surface area contributed by atoms with Crippen molar-refractivity contribution in [3.05, 3.63) is 68.8 Å². The Kier molecular flexibility index (Phi) is 3.88. The van der Waals surface area contributed by atoms with Crippen LogP contribution >= 0.6 is 0 Å². The van der Waals surface area contributed by atoms with Gasteiger partial charge in [-0.15, -0.1) is 0 Å². The molecular formula is C25H28O4. The van der Waals surface area contributed by atoms with E-state index in [0.717, 1.165) is 33.4 Å². The highest BCUT2D eigenvalue weighted by atomic mass is 16.4. The normalized spacial score (nSPS) is 19.8.